The summed E-state index contributed by atoms with van der Waals surface area (Å²) < 4.78 is 0. The van der Waals surface area contributed by atoms with E-state index < -0.39 is 8.07 Å². The highest BCUT2D eigenvalue weighted by atomic mass is 32.2. The van der Waals surface area contributed by atoms with Crippen LogP contribution in [-0.2, 0) is 0 Å². The van der Waals surface area contributed by atoms with E-state index in [1.165, 1.54) is 47.5 Å². The zero-order valence-corrected chi connectivity index (χ0v) is 35.7. The van der Waals surface area contributed by atoms with Crippen molar-refractivity contribution >= 4 is 85.7 Å². The van der Waals surface area contributed by atoms with Gasteiger partial charge in [-0.25, -0.2) is 4.98 Å². The van der Waals surface area contributed by atoms with Gasteiger partial charge in [-0.1, -0.05) is 188 Å². The molecule has 9 aromatic carbocycles. The molecule has 1 aromatic heterocycles. The monoisotopic (exact) mass is 827 g/mol. The maximum Gasteiger partial charge on any atom is 0.184 e. The van der Waals surface area contributed by atoms with Crippen molar-refractivity contribution in [1.82, 2.24) is 4.98 Å². The minimum absolute atomic E-state index is 0.893. The molecule has 0 atom stereocenters. The number of fused-ring (bicyclic) bond motifs is 3. The number of aromatic nitrogens is 1. The fourth-order valence-electron chi connectivity index (χ4n) is 9.31. The van der Waals surface area contributed by atoms with Crippen molar-refractivity contribution < 1.29 is 0 Å². The molecule has 294 valence electrons. The Kier molecular flexibility index (Phi) is 9.81. The van der Waals surface area contributed by atoms with E-state index in [2.05, 4.69) is 259 Å². The molecular formula is C57H41N3SSi. The predicted octanol–water partition coefficient (Wildman–Crippen LogP) is 12.7. The van der Waals surface area contributed by atoms with Gasteiger partial charge in [0.25, 0.3) is 0 Å². The van der Waals surface area contributed by atoms with Crippen LogP contribution in [0.4, 0.5) is 34.3 Å². The normalized spacial score (nSPS) is 12.7. The van der Waals surface area contributed by atoms with Crippen molar-refractivity contribution in [3.8, 4) is 11.1 Å². The van der Waals surface area contributed by atoms with Gasteiger partial charge in [0.2, 0.25) is 0 Å². The first-order valence-corrected chi connectivity index (χ1v) is 23.9. The van der Waals surface area contributed by atoms with Crippen LogP contribution < -0.4 is 30.5 Å². The summed E-state index contributed by atoms with van der Waals surface area (Å²) >= 11 is 1.78. The van der Waals surface area contributed by atoms with E-state index in [1.807, 2.05) is 0 Å². The Labute approximate surface area is 368 Å². The molecule has 0 fully saturated rings. The van der Waals surface area contributed by atoms with Crippen molar-refractivity contribution in [2.24, 2.45) is 0 Å². The average Bonchev–Trinajstić information content (AvgIpc) is 3.35. The molecular weight excluding hydrogens is 787 g/mol. The Hall–Kier alpha value is -7.44. The van der Waals surface area contributed by atoms with Crippen molar-refractivity contribution in [3.63, 3.8) is 0 Å². The average molecular weight is 828 g/mol. The van der Waals surface area contributed by atoms with Crippen molar-refractivity contribution in [2.45, 2.75) is 9.79 Å². The first-order chi connectivity index (χ1) is 30.8. The smallest absolute Gasteiger partial charge is 0.184 e. The lowest BCUT2D eigenvalue weighted by atomic mass is 10.0. The Morgan fingerprint density at radius 2 is 0.968 bits per heavy atom. The molecule has 11 rings (SSSR count). The van der Waals surface area contributed by atoms with Gasteiger partial charge < -0.3 is 4.90 Å². The lowest BCUT2D eigenvalue weighted by Crippen LogP contribution is -2.77. The van der Waals surface area contributed by atoms with Gasteiger partial charge in [-0.15, -0.1) is 0 Å². The number of hydrogen-bond acceptors (Lipinski definition) is 4. The van der Waals surface area contributed by atoms with Gasteiger partial charge in [-0.2, -0.15) is 0 Å². The van der Waals surface area contributed by atoms with Gasteiger partial charge in [0.1, 0.15) is 5.82 Å². The summed E-state index contributed by atoms with van der Waals surface area (Å²) in [5, 5.41) is 6.51. The number of hydrogen-bond donors (Lipinski definition) is 0. The molecule has 0 bridgehead atoms. The quantitative estimate of drug-likeness (QED) is 0.135. The largest absolute Gasteiger partial charge is 0.309 e. The van der Waals surface area contributed by atoms with Crippen LogP contribution >= 0.6 is 11.8 Å². The summed E-state index contributed by atoms with van der Waals surface area (Å²) in [6.45, 7) is 0. The number of nitrogens with zero attached hydrogens (tertiary/aromatic N) is 3. The number of pyridine rings is 1. The van der Waals surface area contributed by atoms with Crippen LogP contribution in [0.2, 0.25) is 0 Å². The van der Waals surface area contributed by atoms with Gasteiger partial charge >= 0.3 is 0 Å². The van der Waals surface area contributed by atoms with E-state index in [0.717, 1.165) is 39.3 Å². The summed E-state index contributed by atoms with van der Waals surface area (Å²) in [4.78, 5) is 12.7. The molecule has 0 aliphatic carbocycles. The molecule has 0 saturated carbocycles. The van der Waals surface area contributed by atoms with Gasteiger partial charge in [-0.3, -0.25) is 4.90 Å². The predicted molar refractivity (Wildman–Crippen MR) is 264 cm³/mol. The molecule has 62 heavy (non-hydrogen) atoms. The third-order valence-corrected chi connectivity index (χ3v) is 17.9. The zero-order chi connectivity index (χ0) is 41.3. The SMILES string of the molecule is c1ccc(Sc2ccccc2N(c2ccc3nc(N4c5ccccc5[Si](c5ccccc5)(c5ccccc5)c5ccccc54)ccc3c2)c2ccccc2-c2ccccc2)cc1. The molecule has 10 aromatic rings. The third kappa shape index (κ3) is 6.50. The second-order valence-corrected chi connectivity index (χ2v) is 20.3. The van der Waals surface area contributed by atoms with Gasteiger partial charge in [-0.05, 0) is 99.1 Å². The summed E-state index contributed by atoms with van der Waals surface area (Å²) in [6, 6.07) is 90.2. The topological polar surface area (TPSA) is 19.4 Å². The second-order valence-electron chi connectivity index (χ2n) is 15.5. The standard InChI is InChI=1S/C57H41N3SSi/c1-5-21-42(22-6-1)48-29-13-14-30-50(48)59(51-31-15-18-34-54(51)61-45-23-7-2-8-24-45)44-38-39-49-43(41-44)37-40-57(58-49)60-52-32-16-19-35-55(52)62(46-25-9-3-10-26-46,47-27-11-4-12-28-47)56-36-20-17-33-53(56)60/h1-41H. The molecule has 5 heteroatoms. The van der Waals surface area contributed by atoms with E-state index in [1.54, 1.807) is 11.8 Å². The summed E-state index contributed by atoms with van der Waals surface area (Å²) in [6.07, 6.45) is 0. The molecule has 0 unspecified atom stereocenters. The maximum absolute atomic E-state index is 5.49. The highest BCUT2D eigenvalue weighted by Crippen LogP contribution is 2.46. The van der Waals surface area contributed by atoms with Crippen molar-refractivity contribution in [1.29, 1.82) is 0 Å². The second kappa shape index (κ2) is 16.2. The lowest BCUT2D eigenvalue weighted by Gasteiger charge is -2.44. The van der Waals surface area contributed by atoms with Gasteiger partial charge in [0.05, 0.1) is 16.9 Å². The Balaban J connectivity index is 1.07. The van der Waals surface area contributed by atoms with E-state index in [-0.39, 0.29) is 0 Å². The number of rotatable bonds is 9. The highest BCUT2D eigenvalue weighted by molar-refractivity contribution is 7.99. The molecule has 2 heterocycles. The van der Waals surface area contributed by atoms with Crippen LogP contribution in [-0.4, -0.2) is 13.1 Å². The zero-order valence-electron chi connectivity index (χ0n) is 33.9. The Bertz CT molecular complexity index is 3090. The Morgan fingerprint density at radius 3 is 1.63 bits per heavy atom. The molecule has 0 N–H and O–H groups in total. The summed E-state index contributed by atoms with van der Waals surface area (Å²) in [7, 11) is -2.72. The number of anilines is 6. The van der Waals surface area contributed by atoms with Gasteiger partial charge in [0, 0.05) is 37.8 Å². The molecule has 3 nitrogen and oxygen atoms in total. The van der Waals surface area contributed by atoms with Crippen molar-refractivity contribution in [3.05, 3.63) is 249 Å². The summed E-state index contributed by atoms with van der Waals surface area (Å²) in [5.74, 6) is 0.893. The van der Waals surface area contributed by atoms with Gasteiger partial charge in [0.15, 0.2) is 8.07 Å². The molecule has 0 amide bonds. The molecule has 1 aliphatic heterocycles. The number of benzene rings is 9. The first kappa shape index (κ1) is 37.5. The number of para-hydroxylation sites is 4. The third-order valence-electron chi connectivity index (χ3n) is 12.0. The van der Waals surface area contributed by atoms with Crippen LogP contribution in [0.1, 0.15) is 0 Å². The highest BCUT2D eigenvalue weighted by Gasteiger charge is 2.48. The fourth-order valence-corrected chi connectivity index (χ4v) is 15.4. The lowest BCUT2D eigenvalue weighted by molar-refractivity contribution is 1.21. The van der Waals surface area contributed by atoms with E-state index in [9.17, 15) is 0 Å². The van der Waals surface area contributed by atoms with Crippen molar-refractivity contribution in [2.75, 3.05) is 9.80 Å². The van der Waals surface area contributed by atoms with E-state index in [0.29, 0.717) is 0 Å². The van der Waals surface area contributed by atoms with Crippen LogP contribution in [0.25, 0.3) is 22.0 Å². The van der Waals surface area contributed by atoms with E-state index in [4.69, 9.17) is 4.98 Å². The first-order valence-electron chi connectivity index (χ1n) is 21.0. The fraction of sp³-hybridized carbons (Fsp3) is 0. The van der Waals surface area contributed by atoms with Crippen LogP contribution in [0.5, 0.6) is 0 Å². The minimum Gasteiger partial charge on any atom is -0.309 e. The molecule has 0 saturated heterocycles. The maximum atomic E-state index is 5.49. The summed E-state index contributed by atoms with van der Waals surface area (Å²) in [5.41, 5.74) is 8.89. The Morgan fingerprint density at radius 1 is 0.435 bits per heavy atom. The van der Waals surface area contributed by atoms with Crippen LogP contribution in [0.15, 0.2) is 259 Å². The van der Waals surface area contributed by atoms with E-state index >= 15 is 0 Å². The molecule has 0 spiro atoms. The van der Waals surface area contributed by atoms with Crippen LogP contribution in [0, 0.1) is 0 Å². The molecule has 1 aliphatic rings. The van der Waals surface area contributed by atoms with Crippen LogP contribution in [0.3, 0.4) is 0 Å². The minimum atomic E-state index is -2.72. The molecule has 0 radical (unpaired) electrons.